The highest BCUT2D eigenvalue weighted by atomic mass is 16.5. The maximum atomic E-state index is 13.8. The lowest BCUT2D eigenvalue weighted by atomic mass is 10.00. The molecule has 43 heavy (non-hydrogen) atoms. The van der Waals surface area contributed by atoms with E-state index in [9.17, 15) is 19.2 Å². The van der Waals surface area contributed by atoms with Crippen LogP contribution in [-0.2, 0) is 27.3 Å². The Balaban J connectivity index is 1.45. The van der Waals surface area contributed by atoms with Crippen molar-refractivity contribution in [1.29, 1.82) is 0 Å². The number of carbonyl (C=O) groups excluding carboxylic acids is 4. The van der Waals surface area contributed by atoms with E-state index in [0.29, 0.717) is 23.6 Å². The van der Waals surface area contributed by atoms with Crippen molar-refractivity contribution < 1.29 is 23.9 Å². The Morgan fingerprint density at radius 1 is 1.00 bits per heavy atom. The minimum atomic E-state index is -0.928. The monoisotopic (exact) mass is 587 g/mol. The van der Waals surface area contributed by atoms with Gasteiger partial charge in [-0.2, -0.15) is 0 Å². The molecule has 0 saturated carbocycles. The standard InChI is InChI=1S/C31H37N7O5/c1-4-43-24-12-10-21(11-13-24)31(42)37-18-23-15-26(37)29(40)34-27(19(2)3)30(41)33-25(14-20-8-6-5-7-9-20)28(39)32-16-22-17-38(23)36-35-22/h5-13,17,19,23,25-27H,4,14-16,18H2,1-3H3,(H,32,39)(H,33,41)(H,34,40)/t23-,25+,26-,27-/m0/s1. The number of ether oxygens (including phenoxy) is 1. The minimum absolute atomic E-state index is 0.107. The van der Waals surface area contributed by atoms with Gasteiger partial charge in [-0.15, -0.1) is 5.10 Å². The van der Waals surface area contributed by atoms with E-state index < -0.39 is 29.9 Å². The first-order valence-electron chi connectivity index (χ1n) is 14.6. The summed E-state index contributed by atoms with van der Waals surface area (Å²) in [6, 6.07) is 13.2. The zero-order valence-electron chi connectivity index (χ0n) is 24.5. The third-order valence-corrected chi connectivity index (χ3v) is 7.79. The lowest BCUT2D eigenvalue weighted by molar-refractivity contribution is -0.134. The van der Waals surface area contributed by atoms with E-state index >= 15 is 0 Å². The number of nitrogens with zero attached hydrogens (tertiary/aromatic N) is 4. The highest BCUT2D eigenvalue weighted by molar-refractivity contribution is 5.99. The van der Waals surface area contributed by atoms with Gasteiger partial charge >= 0.3 is 0 Å². The van der Waals surface area contributed by atoms with Crippen LogP contribution in [0.4, 0.5) is 0 Å². The molecule has 2 aliphatic heterocycles. The van der Waals surface area contributed by atoms with Gasteiger partial charge in [0.1, 0.15) is 29.6 Å². The van der Waals surface area contributed by atoms with Crippen molar-refractivity contribution >= 4 is 23.6 Å². The van der Waals surface area contributed by atoms with E-state index in [2.05, 4.69) is 26.3 Å². The molecule has 3 N–H and O–H groups in total. The van der Waals surface area contributed by atoms with Crippen LogP contribution in [0.3, 0.4) is 0 Å². The summed E-state index contributed by atoms with van der Waals surface area (Å²) in [5.41, 5.74) is 1.81. The van der Waals surface area contributed by atoms with Crippen LogP contribution in [0.1, 0.15) is 54.8 Å². The van der Waals surface area contributed by atoms with Gasteiger partial charge in [0.05, 0.1) is 25.4 Å². The zero-order valence-corrected chi connectivity index (χ0v) is 24.5. The molecule has 0 unspecified atom stereocenters. The molecular formula is C31H37N7O5. The fraction of sp³-hybridized carbons (Fsp3) is 0.419. The number of nitrogens with one attached hydrogen (secondary N) is 3. The van der Waals surface area contributed by atoms with Crippen LogP contribution >= 0.6 is 0 Å². The molecule has 2 aromatic carbocycles. The summed E-state index contributed by atoms with van der Waals surface area (Å²) < 4.78 is 7.14. The molecule has 4 atom stereocenters. The average Bonchev–Trinajstić information content (AvgIpc) is 3.66. The Hall–Kier alpha value is -4.74. The van der Waals surface area contributed by atoms with Crippen molar-refractivity contribution in [2.45, 2.75) is 64.3 Å². The Morgan fingerprint density at radius 2 is 1.74 bits per heavy atom. The van der Waals surface area contributed by atoms with Gasteiger partial charge < -0.3 is 25.6 Å². The van der Waals surface area contributed by atoms with Gasteiger partial charge in [0.15, 0.2) is 0 Å². The molecule has 3 aromatic rings. The van der Waals surface area contributed by atoms with Crippen LogP contribution in [-0.4, -0.2) is 74.8 Å². The van der Waals surface area contributed by atoms with Gasteiger partial charge in [-0.1, -0.05) is 49.4 Å². The number of amides is 4. The lowest BCUT2D eigenvalue weighted by Crippen LogP contribution is -2.58. The molecule has 12 heteroatoms. The van der Waals surface area contributed by atoms with Gasteiger partial charge in [-0.05, 0) is 42.7 Å². The summed E-state index contributed by atoms with van der Waals surface area (Å²) in [6.45, 7) is 6.36. The van der Waals surface area contributed by atoms with Gasteiger partial charge in [0, 0.05) is 24.9 Å². The normalized spacial score (nSPS) is 22.7. The van der Waals surface area contributed by atoms with Crippen LogP contribution in [0.2, 0.25) is 0 Å². The Bertz CT molecular complexity index is 1460. The highest BCUT2D eigenvalue weighted by Crippen LogP contribution is 2.29. The number of fused-ring (bicyclic) bond motifs is 5. The fourth-order valence-corrected chi connectivity index (χ4v) is 5.48. The fourth-order valence-electron chi connectivity index (χ4n) is 5.48. The van der Waals surface area contributed by atoms with Crippen molar-refractivity contribution in [3.05, 3.63) is 77.6 Å². The van der Waals surface area contributed by atoms with Crippen molar-refractivity contribution in [1.82, 2.24) is 35.8 Å². The largest absolute Gasteiger partial charge is 0.494 e. The van der Waals surface area contributed by atoms with Crippen molar-refractivity contribution in [2.24, 2.45) is 5.92 Å². The molecule has 4 bridgehead atoms. The van der Waals surface area contributed by atoms with Crippen LogP contribution in [0.25, 0.3) is 0 Å². The average molecular weight is 588 g/mol. The van der Waals surface area contributed by atoms with Crippen LogP contribution in [0, 0.1) is 5.92 Å². The van der Waals surface area contributed by atoms with Crippen LogP contribution in [0.15, 0.2) is 60.8 Å². The summed E-state index contributed by atoms with van der Waals surface area (Å²) in [5, 5.41) is 17.1. The number of aromatic nitrogens is 3. The first kappa shape index (κ1) is 29.7. The van der Waals surface area contributed by atoms with Crippen LogP contribution < -0.4 is 20.7 Å². The van der Waals surface area contributed by atoms with E-state index in [-0.39, 0.29) is 49.7 Å². The summed E-state index contributed by atoms with van der Waals surface area (Å²) in [7, 11) is 0. The highest BCUT2D eigenvalue weighted by Gasteiger charge is 2.43. The quantitative estimate of drug-likeness (QED) is 0.397. The molecule has 226 valence electrons. The second-order valence-corrected chi connectivity index (χ2v) is 11.2. The zero-order chi connectivity index (χ0) is 30.5. The van der Waals surface area contributed by atoms with Crippen molar-refractivity contribution in [3.8, 4) is 5.75 Å². The Kier molecular flexibility index (Phi) is 9.03. The van der Waals surface area contributed by atoms with Gasteiger partial charge in [-0.3, -0.25) is 19.2 Å². The number of hydrogen-bond acceptors (Lipinski definition) is 7. The van der Waals surface area contributed by atoms with E-state index in [1.807, 2.05) is 51.1 Å². The SMILES string of the molecule is CCOc1ccc(C(=O)N2C[C@@H]3C[C@H]2C(=O)N[C@@H](C(C)C)C(=O)N[C@H](Cc2ccccc2)C(=O)NCc2cn3nn2)cc1. The third kappa shape index (κ3) is 6.85. The molecule has 0 spiro atoms. The maximum absolute atomic E-state index is 13.8. The molecule has 1 fully saturated rings. The summed E-state index contributed by atoms with van der Waals surface area (Å²) >= 11 is 0. The molecule has 0 radical (unpaired) electrons. The number of rotatable bonds is 6. The molecule has 12 nitrogen and oxygen atoms in total. The summed E-state index contributed by atoms with van der Waals surface area (Å²) in [5.74, 6) is -1.25. The molecule has 1 aromatic heterocycles. The second-order valence-electron chi connectivity index (χ2n) is 11.2. The number of benzene rings is 2. The molecule has 2 aliphatic rings. The lowest BCUT2D eigenvalue weighted by Gasteiger charge is -2.29. The molecule has 4 amide bonds. The smallest absolute Gasteiger partial charge is 0.254 e. The summed E-state index contributed by atoms with van der Waals surface area (Å²) in [6.07, 6.45) is 2.26. The topological polar surface area (TPSA) is 148 Å². The number of carbonyl (C=O) groups is 4. The van der Waals surface area contributed by atoms with Gasteiger partial charge in [0.25, 0.3) is 5.91 Å². The Morgan fingerprint density at radius 3 is 2.44 bits per heavy atom. The number of hydrogen-bond donors (Lipinski definition) is 3. The molecule has 0 aliphatic carbocycles. The molecule has 1 saturated heterocycles. The maximum Gasteiger partial charge on any atom is 0.254 e. The van der Waals surface area contributed by atoms with E-state index in [0.717, 1.165) is 5.56 Å². The summed E-state index contributed by atoms with van der Waals surface area (Å²) in [4.78, 5) is 55.9. The minimum Gasteiger partial charge on any atom is -0.494 e. The number of likely N-dealkylation sites (tertiary alicyclic amines) is 1. The van der Waals surface area contributed by atoms with Crippen molar-refractivity contribution in [3.63, 3.8) is 0 Å². The Labute approximate surface area is 250 Å². The molecule has 3 heterocycles. The van der Waals surface area contributed by atoms with Crippen molar-refractivity contribution in [2.75, 3.05) is 13.2 Å². The first-order valence-corrected chi connectivity index (χ1v) is 14.6. The van der Waals surface area contributed by atoms with E-state index in [1.54, 1.807) is 35.1 Å². The predicted molar refractivity (Wildman–Crippen MR) is 157 cm³/mol. The first-order chi connectivity index (χ1) is 20.7. The second kappa shape index (κ2) is 13.1. The predicted octanol–water partition coefficient (Wildman–Crippen LogP) is 1.63. The molecular weight excluding hydrogens is 550 g/mol. The molecule has 5 rings (SSSR count). The van der Waals surface area contributed by atoms with E-state index in [4.69, 9.17) is 4.74 Å². The third-order valence-electron chi connectivity index (χ3n) is 7.79. The van der Waals surface area contributed by atoms with Gasteiger partial charge in [-0.25, -0.2) is 4.68 Å². The van der Waals surface area contributed by atoms with Gasteiger partial charge in [0.2, 0.25) is 17.7 Å². The van der Waals surface area contributed by atoms with Crippen LogP contribution in [0.5, 0.6) is 5.75 Å². The van der Waals surface area contributed by atoms with E-state index in [1.165, 1.54) is 4.90 Å².